The van der Waals surface area contributed by atoms with Crippen molar-refractivity contribution in [3.63, 3.8) is 0 Å². The van der Waals surface area contributed by atoms with E-state index in [1.54, 1.807) is 12.3 Å². The van der Waals surface area contributed by atoms with Crippen molar-refractivity contribution in [1.82, 2.24) is 25.4 Å². The molecule has 2 heterocycles. The maximum Gasteiger partial charge on any atom is 0.293 e. The van der Waals surface area contributed by atoms with Gasteiger partial charge in [-0.15, -0.1) is 5.10 Å². The monoisotopic (exact) mass is 243 g/mol. The van der Waals surface area contributed by atoms with Gasteiger partial charge < -0.3 is 11.1 Å². The fourth-order valence-corrected chi connectivity index (χ4v) is 1.63. The van der Waals surface area contributed by atoms with Gasteiger partial charge >= 0.3 is 0 Å². The Kier molecular flexibility index (Phi) is 2.19. The molecule has 90 valence electrons. The molecule has 3 rings (SSSR count). The molecule has 0 unspecified atom stereocenters. The Morgan fingerprint density at radius 1 is 1.33 bits per heavy atom. The Labute approximate surface area is 101 Å². The Bertz CT molecular complexity index is 714. The number of nitrogens with zero attached hydrogens (tertiary/aromatic N) is 3. The zero-order chi connectivity index (χ0) is 12.5. The van der Waals surface area contributed by atoms with Crippen LogP contribution in [0.25, 0.3) is 10.9 Å². The van der Waals surface area contributed by atoms with Crippen molar-refractivity contribution in [2.75, 3.05) is 11.1 Å². The van der Waals surface area contributed by atoms with Gasteiger partial charge in [-0.1, -0.05) is 12.1 Å². The number of benzene rings is 1. The van der Waals surface area contributed by atoms with Crippen molar-refractivity contribution >= 4 is 28.4 Å². The highest BCUT2D eigenvalue weighted by Crippen LogP contribution is 2.20. The molecule has 0 spiro atoms. The summed E-state index contributed by atoms with van der Waals surface area (Å²) in [6, 6.07) is 5.47. The number of carbonyl (C=O) groups excluding carboxylic acids is 1. The van der Waals surface area contributed by atoms with Gasteiger partial charge in [-0.25, -0.2) is 0 Å². The minimum Gasteiger partial charge on any atom is -0.366 e. The van der Waals surface area contributed by atoms with Gasteiger partial charge in [0.2, 0.25) is 11.8 Å². The van der Waals surface area contributed by atoms with Crippen molar-refractivity contribution in [3.8, 4) is 0 Å². The van der Waals surface area contributed by atoms with Gasteiger partial charge in [0.15, 0.2) is 0 Å². The predicted octanol–water partition coefficient (Wildman–Crippen LogP) is 0.515. The van der Waals surface area contributed by atoms with Crippen molar-refractivity contribution in [2.24, 2.45) is 0 Å². The molecule has 5 N–H and O–H groups in total. The molecule has 0 aliphatic carbocycles. The van der Waals surface area contributed by atoms with Crippen LogP contribution in [0.1, 0.15) is 10.6 Å². The van der Waals surface area contributed by atoms with Gasteiger partial charge in [0.25, 0.3) is 5.91 Å². The van der Waals surface area contributed by atoms with Crippen LogP contribution >= 0.6 is 0 Å². The number of amides is 1. The molecular weight excluding hydrogens is 234 g/mol. The van der Waals surface area contributed by atoms with Crippen LogP contribution in [0.15, 0.2) is 24.4 Å². The molecule has 8 heteroatoms. The van der Waals surface area contributed by atoms with Gasteiger partial charge in [0.1, 0.15) is 0 Å². The minimum atomic E-state index is -0.415. The fraction of sp³-hybridized carbons (Fsp3) is 0. The van der Waals surface area contributed by atoms with Crippen molar-refractivity contribution < 1.29 is 4.79 Å². The lowest BCUT2D eigenvalue weighted by atomic mass is 10.2. The molecule has 0 aliphatic rings. The lowest BCUT2D eigenvalue weighted by molar-refractivity contribution is 0.101. The Hall–Kier alpha value is -2.90. The number of hydrogen-bond acceptors (Lipinski definition) is 5. The summed E-state index contributed by atoms with van der Waals surface area (Å²) in [5, 5.41) is 16.4. The molecular formula is C10H9N7O. The number of hydrogen-bond donors (Lipinski definition) is 4. The van der Waals surface area contributed by atoms with Crippen LogP contribution in [-0.2, 0) is 0 Å². The van der Waals surface area contributed by atoms with Gasteiger partial charge in [0.05, 0.1) is 17.4 Å². The van der Waals surface area contributed by atoms with Gasteiger partial charge in [-0.2, -0.15) is 10.1 Å². The van der Waals surface area contributed by atoms with Gasteiger partial charge in [-0.05, 0) is 6.07 Å². The van der Waals surface area contributed by atoms with Crippen LogP contribution in [0, 0.1) is 0 Å². The molecule has 2 aromatic heterocycles. The average Bonchev–Trinajstić information content (AvgIpc) is 2.97. The number of carbonyl (C=O) groups is 1. The zero-order valence-corrected chi connectivity index (χ0v) is 9.14. The summed E-state index contributed by atoms with van der Waals surface area (Å²) < 4.78 is 0. The second kappa shape index (κ2) is 3.84. The summed E-state index contributed by atoms with van der Waals surface area (Å²) in [5.74, 6) is -0.329. The van der Waals surface area contributed by atoms with E-state index in [0.29, 0.717) is 5.69 Å². The molecule has 1 aromatic carbocycles. The smallest absolute Gasteiger partial charge is 0.293 e. The van der Waals surface area contributed by atoms with Crippen molar-refractivity contribution in [3.05, 3.63) is 30.2 Å². The number of H-pyrrole nitrogens is 2. The third-order valence-corrected chi connectivity index (χ3v) is 2.44. The Morgan fingerprint density at radius 2 is 2.22 bits per heavy atom. The summed E-state index contributed by atoms with van der Waals surface area (Å²) in [7, 11) is 0. The van der Waals surface area contributed by atoms with E-state index in [0.717, 1.165) is 10.9 Å². The number of para-hydroxylation sites is 1. The van der Waals surface area contributed by atoms with Crippen LogP contribution in [0.3, 0.4) is 0 Å². The molecule has 1 amide bonds. The van der Waals surface area contributed by atoms with Crippen LogP contribution in [-0.4, -0.2) is 31.3 Å². The number of aromatic amines is 2. The summed E-state index contributed by atoms with van der Waals surface area (Å²) >= 11 is 0. The maximum absolute atomic E-state index is 11.9. The normalized spacial score (nSPS) is 10.7. The first-order valence-corrected chi connectivity index (χ1v) is 5.15. The maximum atomic E-state index is 11.9. The number of anilines is 2. The lowest BCUT2D eigenvalue weighted by Crippen LogP contribution is -2.14. The van der Waals surface area contributed by atoms with Crippen LogP contribution < -0.4 is 11.1 Å². The van der Waals surface area contributed by atoms with Crippen molar-refractivity contribution in [2.45, 2.75) is 0 Å². The van der Waals surface area contributed by atoms with E-state index in [2.05, 4.69) is 30.7 Å². The zero-order valence-electron chi connectivity index (χ0n) is 9.14. The molecule has 8 nitrogen and oxygen atoms in total. The van der Waals surface area contributed by atoms with E-state index in [-0.39, 0.29) is 11.8 Å². The first kappa shape index (κ1) is 10.3. The molecule has 0 saturated heterocycles. The number of fused-ring (bicyclic) bond motifs is 1. The second-order valence-corrected chi connectivity index (χ2v) is 3.64. The summed E-state index contributed by atoms with van der Waals surface area (Å²) in [5.41, 5.74) is 6.70. The quantitative estimate of drug-likeness (QED) is 0.522. The van der Waals surface area contributed by atoms with E-state index in [9.17, 15) is 4.79 Å². The van der Waals surface area contributed by atoms with Gasteiger partial charge in [0, 0.05) is 5.39 Å². The van der Waals surface area contributed by atoms with E-state index in [1.807, 2.05) is 12.1 Å². The molecule has 3 aromatic rings. The van der Waals surface area contributed by atoms with E-state index < -0.39 is 5.91 Å². The van der Waals surface area contributed by atoms with Crippen LogP contribution in [0.2, 0.25) is 0 Å². The summed E-state index contributed by atoms with van der Waals surface area (Å²) in [6.45, 7) is 0. The fourth-order valence-electron chi connectivity index (χ4n) is 1.63. The molecule has 0 saturated carbocycles. The lowest BCUT2D eigenvalue weighted by Gasteiger charge is -2.03. The predicted molar refractivity (Wildman–Crippen MR) is 64.8 cm³/mol. The minimum absolute atomic E-state index is 0.0277. The molecule has 0 radical (unpaired) electrons. The second-order valence-electron chi connectivity index (χ2n) is 3.64. The topological polar surface area (TPSA) is 125 Å². The van der Waals surface area contributed by atoms with Crippen molar-refractivity contribution in [1.29, 1.82) is 0 Å². The molecule has 0 bridgehead atoms. The van der Waals surface area contributed by atoms with Crippen LogP contribution in [0.5, 0.6) is 0 Å². The number of nitrogens with one attached hydrogen (secondary N) is 3. The third-order valence-electron chi connectivity index (χ3n) is 2.44. The number of nitrogen functional groups attached to an aromatic ring is 1. The molecule has 0 aliphatic heterocycles. The number of nitrogens with two attached hydrogens (primary N) is 1. The molecule has 0 atom stereocenters. The molecule has 18 heavy (non-hydrogen) atoms. The van der Waals surface area contributed by atoms with E-state index >= 15 is 0 Å². The highest BCUT2D eigenvalue weighted by atomic mass is 16.2. The van der Waals surface area contributed by atoms with Crippen LogP contribution in [0.4, 0.5) is 11.6 Å². The summed E-state index contributed by atoms with van der Waals surface area (Å²) in [4.78, 5) is 15.6. The largest absolute Gasteiger partial charge is 0.366 e. The number of rotatable bonds is 2. The highest BCUT2D eigenvalue weighted by molar-refractivity contribution is 6.06. The highest BCUT2D eigenvalue weighted by Gasteiger charge is 2.12. The summed E-state index contributed by atoms with van der Waals surface area (Å²) in [6.07, 6.45) is 1.68. The third kappa shape index (κ3) is 1.65. The SMILES string of the molecule is Nc1n[nH]c(C(=O)Nc2cccc3cn[nH]c23)n1. The molecule has 0 fully saturated rings. The first-order valence-electron chi connectivity index (χ1n) is 5.15. The Balaban J connectivity index is 1.92. The van der Waals surface area contributed by atoms with E-state index in [4.69, 9.17) is 5.73 Å². The standard InChI is InChI=1S/C10H9N7O/c11-10-14-8(16-17-10)9(18)13-6-3-1-2-5-4-12-15-7(5)6/h1-4H,(H,12,15)(H,13,18)(H3,11,14,16,17). The Morgan fingerprint density at radius 3 is 3.00 bits per heavy atom. The van der Waals surface area contributed by atoms with E-state index in [1.165, 1.54) is 0 Å². The average molecular weight is 243 g/mol. The first-order chi connectivity index (χ1) is 8.74. The number of aromatic nitrogens is 5. The van der Waals surface area contributed by atoms with Gasteiger partial charge in [-0.3, -0.25) is 15.0 Å².